The maximum atomic E-state index is 13.5. The molecule has 1 aromatic heterocycles. The first kappa shape index (κ1) is 13.9. The molecule has 1 unspecified atom stereocenters. The Labute approximate surface area is 117 Å². The second-order valence-corrected chi connectivity index (χ2v) is 4.89. The molecule has 6 heteroatoms. The van der Waals surface area contributed by atoms with Crippen molar-refractivity contribution >= 4 is 21.7 Å². The molecule has 0 fully saturated rings. The summed E-state index contributed by atoms with van der Waals surface area (Å²) < 4.78 is 26.4. The van der Waals surface area contributed by atoms with E-state index in [1.54, 1.807) is 13.0 Å². The Kier molecular flexibility index (Phi) is 3.82. The summed E-state index contributed by atoms with van der Waals surface area (Å²) in [6, 6.07) is 3.95. The summed E-state index contributed by atoms with van der Waals surface area (Å²) >= 11 is 2.94. The summed E-state index contributed by atoms with van der Waals surface area (Å²) in [5, 5.41) is 10.3. The third-order valence-electron chi connectivity index (χ3n) is 2.87. The smallest absolute Gasteiger partial charge is 0.173 e. The Balaban J connectivity index is 2.57. The number of rotatable bonds is 2. The molecule has 2 aromatic rings. The Bertz CT molecular complexity index is 614. The fourth-order valence-electron chi connectivity index (χ4n) is 1.85. The molecule has 0 saturated carbocycles. The van der Waals surface area contributed by atoms with Gasteiger partial charge in [0.2, 0.25) is 0 Å². The number of benzene rings is 1. The number of aliphatic hydroxyl groups is 1. The molecule has 1 aromatic carbocycles. The molecule has 2 rings (SSSR count). The number of aliphatic hydroxyl groups excluding tert-OH is 1. The normalized spacial score (nSPS) is 12.5. The number of halogens is 3. The standard InChI is InChI=1S/C13H11BrF2N2O/c1-6-4-5-18-13(17)9(6)12(19)7-2-3-8(15)11(16)10(7)14/h2-5,12,19H,1H3,(H2,17,18). The van der Waals surface area contributed by atoms with Gasteiger partial charge >= 0.3 is 0 Å². The van der Waals surface area contributed by atoms with Crippen LogP contribution in [0.15, 0.2) is 28.9 Å². The average Bonchev–Trinajstić information content (AvgIpc) is 2.35. The first-order valence-corrected chi connectivity index (χ1v) is 6.25. The Morgan fingerprint density at radius 2 is 2.00 bits per heavy atom. The van der Waals surface area contributed by atoms with E-state index in [1.807, 2.05) is 0 Å². The molecule has 3 nitrogen and oxygen atoms in total. The van der Waals surface area contributed by atoms with E-state index in [-0.39, 0.29) is 15.9 Å². The minimum absolute atomic E-state index is 0.123. The minimum atomic E-state index is -1.18. The van der Waals surface area contributed by atoms with Gasteiger partial charge < -0.3 is 10.8 Å². The number of pyridine rings is 1. The fourth-order valence-corrected chi connectivity index (χ4v) is 2.39. The lowest BCUT2D eigenvalue weighted by Gasteiger charge is -2.17. The monoisotopic (exact) mass is 328 g/mol. The van der Waals surface area contributed by atoms with Crippen LogP contribution < -0.4 is 5.73 Å². The predicted octanol–water partition coefficient (Wildman–Crippen LogP) is 3.09. The molecule has 0 amide bonds. The molecule has 0 aliphatic carbocycles. The van der Waals surface area contributed by atoms with Crippen LogP contribution in [0.25, 0.3) is 0 Å². The fraction of sp³-hybridized carbons (Fsp3) is 0.154. The first-order chi connectivity index (χ1) is 8.93. The van der Waals surface area contributed by atoms with Crippen molar-refractivity contribution in [1.29, 1.82) is 0 Å². The summed E-state index contributed by atoms with van der Waals surface area (Å²) in [7, 11) is 0. The molecular weight excluding hydrogens is 318 g/mol. The van der Waals surface area contributed by atoms with E-state index >= 15 is 0 Å². The van der Waals surface area contributed by atoms with Crippen LogP contribution in [-0.4, -0.2) is 10.1 Å². The second kappa shape index (κ2) is 5.22. The maximum Gasteiger partial charge on any atom is 0.173 e. The lowest BCUT2D eigenvalue weighted by molar-refractivity contribution is 0.218. The second-order valence-electron chi connectivity index (χ2n) is 4.09. The van der Waals surface area contributed by atoms with Gasteiger partial charge in [0, 0.05) is 17.3 Å². The zero-order valence-corrected chi connectivity index (χ0v) is 11.6. The summed E-state index contributed by atoms with van der Waals surface area (Å²) in [6.07, 6.45) is 0.333. The number of anilines is 1. The highest BCUT2D eigenvalue weighted by Gasteiger charge is 2.22. The number of hydrogen-bond acceptors (Lipinski definition) is 3. The molecule has 0 aliphatic rings. The topological polar surface area (TPSA) is 59.1 Å². The average molecular weight is 329 g/mol. The Morgan fingerprint density at radius 1 is 1.32 bits per heavy atom. The first-order valence-electron chi connectivity index (χ1n) is 5.46. The van der Waals surface area contributed by atoms with Crippen molar-refractivity contribution < 1.29 is 13.9 Å². The molecule has 1 heterocycles. The molecule has 100 valence electrons. The highest BCUT2D eigenvalue weighted by atomic mass is 79.9. The van der Waals surface area contributed by atoms with E-state index in [4.69, 9.17) is 5.73 Å². The van der Waals surface area contributed by atoms with Crippen LogP contribution in [0.3, 0.4) is 0 Å². The molecule has 0 spiro atoms. The molecular formula is C13H11BrF2N2O. The van der Waals surface area contributed by atoms with Crippen molar-refractivity contribution in [3.05, 3.63) is 57.2 Å². The zero-order valence-electron chi connectivity index (χ0n) is 9.99. The summed E-state index contributed by atoms with van der Waals surface area (Å²) in [5.41, 5.74) is 7.02. The highest BCUT2D eigenvalue weighted by Crippen LogP contribution is 2.34. The predicted molar refractivity (Wildman–Crippen MR) is 71.5 cm³/mol. The summed E-state index contributed by atoms with van der Waals surface area (Å²) in [5.74, 6) is -1.88. The van der Waals surface area contributed by atoms with Crippen molar-refractivity contribution in [2.24, 2.45) is 0 Å². The quantitative estimate of drug-likeness (QED) is 0.833. The number of nitrogens with zero attached hydrogens (tertiary/aromatic N) is 1. The Hall–Kier alpha value is -1.53. The van der Waals surface area contributed by atoms with Crippen molar-refractivity contribution in [2.75, 3.05) is 5.73 Å². The maximum absolute atomic E-state index is 13.5. The lowest BCUT2D eigenvalue weighted by atomic mass is 9.98. The van der Waals surface area contributed by atoms with E-state index in [0.29, 0.717) is 5.56 Å². The lowest BCUT2D eigenvalue weighted by Crippen LogP contribution is -2.09. The van der Waals surface area contributed by atoms with Gasteiger partial charge in [0.25, 0.3) is 0 Å². The van der Waals surface area contributed by atoms with Gasteiger partial charge in [-0.3, -0.25) is 0 Å². The van der Waals surface area contributed by atoms with Crippen LogP contribution in [0.2, 0.25) is 0 Å². The molecule has 0 aliphatic heterocycles. The minimum Gasteiger partial charge on any atom is -0.383 e. The third-order valence-corrected chi connectivity index (χ3v) is 3.68. The SMILES string of the molecule is Cc1ccnc(N)c1C(O)c1ccc(F)c(F)c1Br. The van der Waals surface area contributed by atoms with E-state index in [2.05, 4.69) is 20.9 Å². The third kappa shape index (κ3) is 2.46. The Morgan fingerprint density at radius 3 is 2.63 bits per heavy atom. The molecule has 1 atom stereocenters. The van der Waals surface area contributed by atoms with Crippen molar-refractivity contribution in [3.63, 3.8) is 0 Å². The van der Waals surface area contributed by atoms with Crippen LogP contribution in [0, 0.1) is 18.6 Å². The molecule has 19 heavy (non-hydrogen) atoms. The van der Waals surface area contributed by atoms with Gasteiger partial charge in [0.15, 0.2) is 11.6 Å². The molecule has 0 bridgehead atoms. The summed E-state index contributed by atoms with van der Waals surface area (Å²) in [6.45, 7) is 1.75. The number of hydrogen-bond donors (Lipinski definition) is 2. The van der Waals surface area contributed by atoms with E-state index in [9.17, 15) is 13.9 Å². The van der Waals surface area contributed by atoms with E-state index < -0.39 is 17.7 Å². The van der Waals surface area contributed by atoms with Crippen LogP contribution in [0.5, 0.6) is 0 Å². The highest BCUT2D eigenvalue weighted by molar-refractivity contribution is 9.10. The van der Waals surface area contributed by atoms with Gasteiger partial charge in [-0.1, -0.05) is 6.07 Å². The van der Waals surface area contributed by atoms with Crippen LogP contribution in [0.4, 0.5) is 14.6 Å². The van der Waals surface area contributed by atoms with Crippen molar-refractivity contribution in [3.8, 4) is 0 Å². The van der Waals surface area contributed by atoms with Crippen LogP contribution in [0.1, 0.15) is 22.8 Å². The van der Waals surface area contributed by atoms with Gasteiger partial charge in [-0.2, -0.15) is 0 Å². The van der Waals surface area contributed by atoms with Gasteiger partial charge in [0.05, 0.1) is 4.47 Å². The molecule has 0 saturated heterocycles. The van der Waals surface area contributed by atoms with Gasteiger partial charge in [-0.15, -0.1) is 0 Å². The number of aromatic nitrogens is 1. The van der Waals surface area contributed by atoms with Gasteiger partial charge in [-0.25, -0.2) is 13.8 Å². The van der Waals surface area contributed by atoms with Gasteiger partial charge in [-0.05, 0) is 40.5 Å². The van der Waals surface area contributed by atoms with Gasteiger partial charge in [0.1, 0.15) is 11.9 Å². The van der Waals surface area contributed by atoms with E-state index in [1.165, 1.54) is 12.3 Å². The van der Waals surface area contributed by atoms with Crippen molar-refractivity contribution in [1.82, 2.24) is 4.98 Å². The largest absolute Gasteiger partial charge is 0.383 e. The summed E-state index contributed by atoms with van der Waals surface area (Å²) in [4.78, 5) is 3.89. The number of nitrogen functional groups attached to an aromatic ring is 1. The number of aryl methyl sites for hydroxylation is 1. The molecule has 0 radical (unpaired) electrons. The molecule has 3 N–H and O–H groups in total. The zero-order chi connectivity index (χ0) is 14.2. The number of nitrogens with two attached hydrogens (primary N) is 1. The van der Waals surface area contributed by atoms with E-state index in [0.717, 1.165) is 11.6 Å². The van der Waals surface area contributed by atoms with Crippen LogP contribution in [-0.2, 0) is 0 Å². The van der Waals surface area contributed by atoms with Crippen LogP contribution >= 0.6 is 15.9 Å². The van der Waals surface area contributed by atoms with Crippen molar-refractivity contribution in [2.45, 2.75) is 13.0 Å².